The number of piperidine rings is 2. The van der Waals surface area contributed by atoms with Gasteiger partial charge in [-0.2, -0.15) is 0 Å². The number of hydrogen-bond donors (Lipinski definition) is 1. The average Bonchev–Trinajstić information content (AvgIpc) is 2.55. The first kappa shape index (κ1) is 16.8. The molecule has 0 aromatic rings. The Hall–Kier alpha value is -0.610. The largest absolute Gasteiger partial charge is 0.343 e. The normalized spacial score (nSPS) is 21.7. The van der Waals surface area contributed by atoms with Crippen molar-refractivity contribution in [1.82, 2.24) is 9.80 Å². The Morgan fingerprint density at radius 2 is 1.57 bits per heavy atom. The zero-order valence-electron chi connectivity index (χ0n) is 13.6. The molecule has 2 saturated heterocycles. The molecule has 2 N–H and O–H groups in total. The lowest BCUT2D eigenvalue weighted by molar-refractivity contribution is -0.133. The standard InChI is InChI=1S/C17H33N3O/c18-11-5-2-1-4-8-17(21)20-14-9-16(10-15-20)19-12-6-3-7-13-19/h16H,1-15,18H2. The SMILES string of the molecule is NCCCCCCC(=O)N1CCC(N2CCCCC2)CC1. The maximum atomic E-state index is 12.2. The van der Waals surface area contributed by atoms with E-state index in [9.17, 15) is 4.79 Å². The van der Waals surface area contributed by atoms with E-state index in [4.69, 9.17) is 5.73 Å². The summed E-state index contributed by atoms with van der Waals surface area (Å²) in [5.74, 6) is 0.375. The number of nitrogens with zero attached hydrogens (tertiary/aromatic N) is 2. The highest BCUT2D eigenvalue weighted by molar-refractivity contribution is 5.76. The summed E-state index contributed by atoms with van der Waals surface area (Å²) < 4.78 is 0. The minimum absolute atomic E-state index is 0.375. The molecular formula is C17H33N3O. The molecule has 4 nitrogen and oxygen atoms in total. The molecule has 2 aliphatic heterocycles. The van der Waals surface area contributed by atoms with E-state index in [1.165, 1.54) is 51.6 Å². The molecule has 4 heteroatoms. The second-order valence-corrected chi connectivity index (χ2v) is 6.66. The molecule has 0 aromatic heterocycles. The number of likely N-dealkylation sites (tertiary alicyclic amines) is 2. The molecule has 0 saturated carbocycles. The summed E-state index contributed by atoms with van der Waals surface area (Å²) >= 11 is 0. The molecule has 2 fully saturated rings. The van der Waals surface area contributed by atoms with Crippen LogP contribution >= 0.6 is 0 Å². The summed E-state index contributed by atoms with van der Waals surface area (Å²) in [5, 5.41) is 0. The predicted molar refractivity (Wildman–Crippen MR) is 87.2 cm³/mol. The lowest BCUT2D eigenvalue weighted by Crippen LogP contribution is -2.48. The van der Waals surface area contributed by atoms with Crippen LogP contribution in [0.25, 0.3) is 0 Å². The van der Waals surface area contributed by atoms with E-state index < -0.39 is 0 Å². The molecule has 2 rings (SSSR count). The van der Waals surface area contributed by atoms with E-state index in [0.717, 1.165) is 51.4 Å². The zero-order chi connectivity index (χ0) is 14.9. The van der Waals surface area contributed by atoms with Gasteiger partial charge in [0.25, 0.3) is 0 Å². The Morgan fingerprint density at radius 3 is 2.24 bits per heavy atom. The molecular weight excluding hydrogens is 262 g/mol. The van der Waals surface area contributed by atoms with E-state index in [1.807, 2.05) is 0 Å². The van der Waals surface area contributed by atoms with Gasteiger partial charge in [0.05, 0.1) is 0 Å². The number of carbonyl (C=O) groups excluding carboxylic acids is 1. The van der Waals surface area contributed by atoms with Gasteiger partial charge in [0, 0.05) is 25.6 Å². The van der Waals surface area contributed by atoms with Crippen molar-refractivity contribution in [3.05, 3.63) is 0 Å². The van der Waals surface area contributed by atoms with Crippen LogP contribution in [0.5, 0.6) is 0 Å². The van der Waals surface area contributed by atoms with Crippen molar-refractivity contribution in [1.29, 1.82) is 0 Å². The Morgan fingerprint density at radius 1 is 0.905 bits per heavy atom. The van der Waals surface area contributed by atoms with E-state index in [0.29, 0.717) is 5.91 Å². The molecule has 2 aliphatic rings. The quantitative estimate of drug-likeness (QED) is 0.734. The Bertz CT molecular complexity index is 294. The second-order valence-electron chi connectivity index (χ2n) is 6.66. The van der Waals surface area contributed by atoms with Crippen LogP contribution in [0.2, 0.25) is 0 Å². The lowest BCUT2D eigenvalue weighted by Gasteiger charge is -2.40. The van der Waals surface area contributed by atoms with Crippen LogP contribution in [0.4, 0.5) is 0 Å². The smallest absolute Gasteiger partial charge is 0.222 e. The maximum Gasteiger partial charge on any atom is 0.222 e. The van der Waals surface area contributed by atoms with Crippen molar-refractivity contribution in [2.45, 2.75) is 70.3 Å². The van der Waals surface area contributed by atoms with Crippen LogP contribution in [0.15, 0.2) is 0 Å². The molecule has 0 aliphatic carbocycles. The number of carbonyl (C=O) groups is 1. The summed E-state index contributed by atoms with van der Waals surface area (Å²) in [6, 6.07) is 0.735. The van der Waals surface area contributed by atoms with Gasteiger partial charge in [-0.25, -0.2) is 0 Å². The number of hydrogen-bond acceptors (Lipinski definition) is 3. The third kappa shape index (κ3) is 5.59. The summed E-state index contributed by atoms with van der Waals surface area (Å²) in [6.07, 6.45) is 11.7. The number of rotatable bonds is 7. The van der Waals surface area contributed by atoms with E-state index in [-0.39, 0.29) is 0 Å². The molecule has 2 heterocycles. The minimum Gasteiger partial charge on any atom is -0.343 e. The summed E-state index contributed by atoms with van der Waals surface area (Å²) in [5.41, 5.74) is 5.48. The number of unbranched alkanes of at least 4 members (excludes halogenated alkanes) is 3. The van der Waals surface area contributed by atoms with Crippen molar-refractivity contribution in [3.63, 3.8) is 0 Å². The summed E-state index contributed by atoms with van der Waals surface area (Å²) in [4.78, 5) is 17.0. The van der Waals surface area contributed by atoms with Crippen LogP contribution in [0.3, 0.4) is 0 Å². The first-order chi connectivity index (χ1) is 10.3. The molecule has 122 valence electrons. The molecule has 0 bridgehead atoms. The first-order valence-corrected chi connectivity index (χ1v) is 9.03. The molecule has 0 aromatic carbocycles. The van der Waals surface area contributed by atoms with Gasteiger partial charge >= 0.3 is 0 Å². The van der Waals surface area contributed by atoms with Crippen molar-refractivity contribution >= 4 is 5.91 Å². The van der Waals surface area contributed by atoms with Gasteiger partial charge in [0.2, 0.25) is 5.91 Å². The first-order valence-electron chi connectivity index (χ1n) is 9.03. The van der Waals surface area contributed by atoms with Crippen molar-refractivity contribution in [2.24, 2.45) is 5.73 Å². The van der Waals surface area contributed by atoms with Crippen molar-refractivity contribution in [3.8, 4) is 0 Å². The third-order valence-corrected chi connectivity index (χ3v) is 5.07. The van der Waals surface area contributed by atoms with Crippen LogP contribution in [-0.4, -0.2) is 54.5 Å². The van der Waals surface area contributed by atoms with E-state index >= 15 is 0 Å². The zero-order valence-corrected chi connectivity index (χ0v) is 13.6. The molecule has 0 atom stereocenters. The van der Waals surface area contributed by atoms with Crippen LogP contribution < -0.4 is 5.73 Å². The predicted octanol–water partition coefficient (Wildman–Crippen LogP) is 2.37. The molecule has 0 radical (unpaired) electrons. The monoisotopic (exact) mass is 295 g/mol. The average molecular weight is 295 g/mol. The number of amides is 1. The Balaban J connectivity index is 1.60. The summed E-state index contributed by atoms with van der Waals surface area (Å²) in [7, 11) is 0. The third-order valence-electron chi connectivity index (χ3n) is 5.07. The molecule has 0 unspecified atom stereocenters. The Kier molecular flexibility index (Phi) is 7.51. The summed E-state index contributed by atoms with van der Waals surface area (Å²) in [6.45, 7) is 5.28. The highest BCUT2D eigenvalue weighted by Gasteiger charge is 2.27. The van der Waals surface area contributed by atoms with E-state index in [2.05, 4.69) is 9.80 Å². The van der Waals surface area contributed by atoms with Gasteiger partial charge in [-0.1, -0.05) is 19.3 Å². The van der Waals surface area contributed by atoms with Gasteiger partial charge in [-0.15, -0.1) is 0 Å². The van der Waals surface area contributed by atoms with Crippen molar-refractivity contribution in [2.75, 3.05) is 32.7 Å². The number of nitrogens with two attached hydrogens (primary N) is 1. The van der Waals surface area contributed by atoms with Crippen LogP contribution in [0, 0.1) is 0 Å². The van der Waals surface area contributed by atoms with E-state index in [1.54, 1.807) is 0 Å². The fourth-order valence-electron chi connectivity index (χ4n) is 3.70. The van der Waals surface area contributed by atoms with Crippen LogP contribution in [-0.2, 0) is 4.79 Å². The molecule has 0 spiro atoms. The second kappa shape index (κ2) is 9.42. The van der Waals surface area contributed by atoms with Crippen LogP contribution in [0.1, 0.15) is 64.2 Å². The van der Waals surface area contributed by atoms with Gasteiger partial charge in [0.1, 0.15) is 0 Å². The van der Waals surface area contributed by atoms with Gasteiger partial charge in [-0.3, -0.25) is 4.79 Å². The van der Waals surface area contributed by atoms with Gasteiger partial charge in [0.15, 0.2) is 0 Å². The fourth-order valence-corrected chi connectivity index (χ4v) is 3.70. The molecule has 21 heavy (non-hydrogen) atoms. The Labute approximate surface area is 130 Å². The van der Waals surface area contributed by atoms with Gasteiger partial charge < -0.3 is 15.5 Å². The highest BCUT2D eigenvalue weighted by atomic mass is 16.2. The minimum atomic E-state index is 0.375. The fraction of sp³-hybridized carbons (Fsp3) is 0.941. The lowest BCUT2D eigenvalue weighted by atomic mass is 9.99. The van der Waals surface area contributed by atoms with Crippen molar-refractivity contribution < 1.29 is 4.79 Å². The molecule has 1 amide bonds. The highest BCUT2D eigenvalue weighted by Crippen LogP contribution is 2.21. The topological polar surface area (TPSA) is 49.6 Å². The maximum absolute atomic E-state index is 12.2. The van der Waals surface area contributed by atoms with Gasteiger partial charge in [-0.05, 0) is 58.2 Å².